The maximum absolute atomic E-state index is 10.6. The topological polar surface area (TPSA) is 40.9 Å². The van der Waals surface area contributed by atoms with Crippen LogP contribution in [0.3, 0.4) is 0 Å². The van der Waals surface area contributed by atoms with Crippen molar-refractivity contribution in [3.63, 3.8) is 0 Å². The van der Waals surface area contributed by atoms with Crippen molar-refractivity contribution in [1.82, 2.24) is 0 Å². The SMILES string of the molecule is Cc1ccc(C=CC#N)c(C=O)c1. The fourth-order valence-corrected chi connectivity index (χ4v) is 1.08. The van der Waals surface area contributed by atoms with Crippen molar-refractivity contribution in [3.8, 4) is 6.07 Å². The first-order valence-corrected chi connectivity index (χ1v) is 3.90. The lowest BCUT2D eigenvalue weighted by Gasteiger charge is -1.99. The molecule has 0 aliphatic carbocycles. The number of carbonyl (C=O) groups is 1. The number of nitriles is 1. The number of aryl methyl sites for hydroxylation is 1. The van der Waals surface area contributed by atoms with Gasteiger partial charge in [0.1, 0.15) is 0 Å². The van der Waals surface area contributed by atoms with Gasteiger partial charge in [-0.1, -0.05) is 17.7 Å². The molecule has 0 bridgehead atoms. The van der Waals surface area contributed by atoms with Crippen LogP contribution >= 0.6 is 0 Å². The maximum Gasteiger partial charge on any atom is 0.150 e. The third kappa shape index (κ3) is 2.28. The van der Waals surface area contributed by atoms with Crippen LogP contribution in [0.15, 0.2) is 24.3 Å². The Kier molecular flexibility index (Phi) is 2.99. The molecule has 2 heteroatoms. The Morgan fingerprint density at radius 1 is 1.38 bits per heavy atom. The summed E-state index contributed by atoms with van der Waals surface area (Å²) in [5.74, 6) is 0. The van der Waals surface area contributed by atoms with Crippen molar-refractivity contribution >= 4 is 12.4 Å². The first-order valence-electron chi connectivity index (χ1n) is 3.90. The summed E-state index contributed by atoms with van der Waals surface area (Å²) in [4.78, 5) is 10.6. The Hall–Kier alpha value is -1.88. The highest BCUT2D eigenvalue weighted by molar-refractivity contribution is 5.82. The molecule has 0 saturated heterocycles. The van der Waals surface area contributed by atoms with Crippen molar-refractivity contribution in [2.24, 2.45) is 0 Å². The van der Waals surface area contributed by atoms with Gasteiger partial charge in [0.2, 0.25) is 0 Å². The van der Waals surface area contributed by atoms with E-state index in [0.717, 1.165) is 17.4 Å². The number of benzene rings is 1. The molecule has 0 spiro atoms. The molecule has 0 amide bonds. The number of nitrogens with zero attached hydrogens (tertiary/aromatic N) is 1. The quantitative estimate of drug-likeness (QED) is 0.506. The predicted octanol–water partition coefficient (Wildman–Crippen LogP) is 2.34. The summed E-state index contributed by atoms with van der Waals surface area (Å²) in [6.07, 6.45) is 3.78. The second-order valence-electron chi connectivity index (χ2n) is 2.71. The average molecular weight is 171 g/mol. The summed E-state index contributed by atoms with van der Waals surface area (Å²) in [6.45, 7) is 1.92. The Balaban J connectivity index is 3.15. The normalized spacial score (nSPS) is 9.85. The number of allylic oxidation sites excluding steroid dienone is 1. The minimum Gasteiger partial charge on any atom is -0.298 e. The second-order valence-corrected chi connectivity index (χ2v) is 2.71. The van der Waals surface area contributed by atoms with E-state index in [1.54, 1.807) is 12.1 Å². The molecule has 0 saturated carbocycles. The lowest BCUT2D eigenvalue weighted by molar-refractivity contribution is 0.112. The maximum atomic E-state index is 10.6. The summed E-state index contributed by atoms with van der Waals surface area (Å²) >= 11 is 0. The smallest absolute Gasteiger partial charge is 0.150 e. The molecular weight excluding hydrogens is 162 g/mol. The molecular formula is C11H9NO. The van der Waals surface area contributed by atoms with Gasteiger partial charge in [0.25, 0.3) is 0 Å². The first kappa shape index (κ1) is 9.21. The zero-order valence-electron chi connectivity index (χ0n) is 7.32. The van der Waals surface area contributed by atoms with Crippen molar-refractivity contribution in [3.05, 3.63) is 41.0 Å². The Labute approximate surface area is 77.1 Å². The van der Waals surface area contributed by atoms with E-state index in [2.05, 4.69) is 0 Å². The van der Waals surface area contributed by atoms with Crippen LogP contribution in [-0.4, -0.2) is 6.29 Å². The van der Waals surface area contributed by atoms with E-state index < -0.39 is 0 Å². The molecule has 0 aromatic heterocycles. The van der Waals surface area contributed by atoms with Gasteiger partial charge in [-0.15, -0.1) is 0 Å². The van der Waals surface area contributed by atoms with Crippen LogP contribution in [0.25, 0.3) is 6.08 Å². The summed E-state index contributed by atoms with van der Waals surface area (Å²) in [5.41, 5.74) is 2.44. The molecule has 13 heavy (non-hydrogen) atoms. The lowest BCUT2D eigenvalue weighted by atomic mass is 10.1. The zero-order chi connectivity index (χ0) is 9.68. The van der Waals surface area contributed by atoms with E-state index in [1.165, 1.54) is 6.08 Å². The number of hydrogen-bond donors (Lipinski definition) is 0. The van der Waals surface area contributed by atoms with E-state index >= 15 is 0 Å². The molecule has 0 unspecified atom stereocenters. The number of carbonyl (C=O) groups excluding carboxylic acids is 1. The summed E-state index contributed by atoms with van der Waals surface area (Å²) in [6, 6.07) is 7.41. The molecule has 0 aliphatic rings. The van der Waals surface area contributed by atoms with Crippen LogP contribution in [-0.2, 0) is 0 Å². The van der Waals surface area contributed by atoms with E-state index in [4.69, 9.17) is 5.26 Å². The Bertz CT molecular complexity index is 386. The van der Waals surface area contributed by atoms with E-state index in [0.29, 0.717) is 5.56 Å². The van der Waals surface area contributed by atoms with Gasteiger partial charge >= 0.3 is 0 Å². The van der Waals surface area contributed by atoms with Crippen LogP contribution in [0.4, 0.5) is 0 Å². The standard InChI is InChI=1S/C11H9NO/c1-9-4-5-10(3-2-6-12)11(7-9)8-13/h2-5,7-8H,1H3. The van der Waals surface area contributed by atoms with Crippen LogP contribution in [0.1, 0.15) is 21.5 Å². The Morgan fingerprint density at radius 2 is 2.15 bits per heavy atom. The average Bonchev–Trinajstić information content (AvgIpc) is 2.16. The molecule has 0 atom stereocenters. The molecule has 2 nitrogen and oxygen atoms in total. The van der Waals surface area contributed by atoms with E-state index in [1.807, 2.05) is 25.1 Å². The van der Waals surface area contributed by atoms with Crippen LogP contribution in [0, 0.1) is 18.3 Å². The molecule has 0 N–H and O–H groups in total. The van der Waals surface area contributed by atoms with Crippen molar-refractivity contribution in [2.75, 3.05) is 0 Å². The highest BCUT2D eigenvalue weighted by atomic mass is 16.1. The zero-order valence-corrected chi connectivity index (χ0v) is 7.32. The van der Waals surface area contributed by atoms with E-state index in [9.17, 15) is 4.79 Å². The molecule has 0 heterocycles. The van der Waals surface area contributed by atoms with Crippen LogP contribution in [0.5, 0.6) is 0 Å². The van der Waals surface area contributed by atoms with Gasteiger partial charge in [-0.05, 0) is 24.6 Å². The number of rotatable bonds is 2. The second kappa shape index (κ2) is 4.22. The first-order chi connectivity index (χ1) is 6.27. The van der Waals surface area contributed by atoms with E-state index in [-0.39, 0.29) is 0 Å². The summed E-state index contributed by atoms with van der Waals surface area (Å²) < 4.78 is 0. The van der Waals surface area contributed by atoms with Crippen molar-refractivity contribution < 1.29 is 4.79 Å². The fraction of sp³-hybridized carbons (Fsp3) is 0.0909. The Morgan fingerprint density at radius 3 is 2.77 bits per heavy atom. The van der Waals surface area contributed by atoms with Crippen LogP contribution < -0.4 is 0 Å². The third-order valence-electron chi connectivity index (χ3n) is 1.71. The van der Waals surface area contributed by atoms with Gasteiger partial charge in [0.05, 0.1) is 6.07 Å². The van der Waals surface area contributed by atoms with Gasteiger partial charge < -0.3 is 0 Å². The van der Waals surface area contributed by atoms with Gasteiger partial charge in [0, 0.05) is 11.6 Å². The lowest BCUT2D eigenvalue weighted by Crippen LogP contribution is -1.86. The number of aldehydes is 1. The number of hydrogen-bond acceptors (Lipinski definition) is 2. The molecule has 1 aromatic rings. The third-order valence-corrected chi connectivity index (χ3v) is 1.71. The molecule has 1 rings (SSSR count). The van der Waals surface area contributed by atoms with Gasteiger partial charge in [-0.3, -0.25) is 4.79 Å². The minimum atomic E-state index is 0.617. The molecule has 1 aromatic carbocycles. The van der Waals surface area contributed by atoms with Gasteiger partial charge in [-0.2, -0.15) is 5.26 Å². The predicted molar refractivity (Wildman–Crippen MR) is 51.2 cm³/mol. The highest BCUT2D eigenvalue weighted by Crippen LogP contribution is 2.11. The fourth-order valence-electron chi connectivity index (χ4n) is 1.08. The van der Waals surface area contributed by atoms with Crippen molar-refractivity contribution in [2.45, 2.75) is 6.92 Å². The molecule has 64 valence electrons. The van der Waals surface area contributed by atoms with Crippen LogP contribution in [0.2, 0.25) is 0 Å². The van der Waals surface area contributed by atoms with Gasteiger partial charge in [-0.25, -0.2) is 0 Å². The highest BCUT2D eigenvalue weighted by Gasteiger charge is 1.97. The van der Waals surface area contributed by atoms with Gasteiger partial charge in [0.15, 0.2) is 6.29 Å². The monoisotopic (exact) mass is 171 g/mol. The summed E-state index contributed by atoms with van der Waals surface area (Å²) in [7, 11) is 0. The molecule has 0 aliphatic heterocycles. The largest absolute Gasteiger partial charge is 0.298 e. The van der Waals surface area contributed by atoms with Crippen molar-refractivity contribution in [1.29, 1.82) is 5.26 Å². The molecule has 0 radical (unpaired) electrons. The minimum absolute atomic E-state index is 0.617. The summed E-state index contributed by atoms with van der Waals surface area (Å²) in [5, 5.41) is 8.32. The molecule has 0 fully saturated rings.